The van der Waals surface area contributed by atoms with Crippen molar-refractivity contribution in [3.05, 3.63) is 93.5 Å². The molecule has 146 valence electrons. The van der Waals surface area contributed by atoms with Gasteiger partial charge in [-0.15, -0.1) is 11.8 Å². The fraction of sp³-hybridized carbons (Fsp3) is 0.130. The Balaban J connectivity index is 1.75. The van der Waals surface area contributed by atoms with Crippen LogP contribution in [0.2, 0.25) is 10.0 Å². The third kappa shape index (κ3) is 5.55. The summed E-state index contributed by atoms with van der Waals surface area (Å²) in [6.45, 7) is 1.88. The van der Waals surface area contributed by atoms with Crippen LogP contribution in [0.5, 0.6) is 0 Å². The lowest BCUT2D eigenvalue weighted by Gasteiger charge is -2.16. The molecule has 1 amide bonds. The number of nitriles is 1. The molecule has 3 aromatic carbocycles. The number of rotatable bonds is 6. The Morgan fingerprint density at radius 3 is 2.45 bits per heavy atom. The summed E-state index contributed by atoms with van der Waals surface area (Å²) in [4.78, 5) is 13.4. The fourth-order valence-electron chi connectivity index (χ4n) is 2.89. The second-order valence-electron chi connectivity index (χ2n) is 6.45. The van der Waals surface area contributed by atoms with Gasteiger partial charge in [-0.1, -0.05) is 59.6 Å². The van der Waals surface area contributed by atoms with Crippen molar-refractivity contribution in [2.75, 3.05) is 11.1 Å². The Kier molecular flexibility index (Phi) is 7.22. The fourth-order valence-corrected chi connectivity index (χ4v) is 4.01. The molecular weight excluding hydrogens is 423 g/mol. The molecule has 0 aliphatic heterocycles. The minimum Gasteiger partial charge on any atom is -0.325 e. The minimum atomic E-state index is -0.517. The average molecular weight is 441 g/mol. The van der Waals surface area contributed by atoms with Crippen molar-refractivity contribution in [2.24, 2.45) is 0 Å². The molecule has 1 N–H and O–H groups in total. The van der Waals surface area contributed by atoms with Gasteiger partial charge in [-0.05, 0) is 53.9 Å². The van der Waals surface area contributed by atoms with Crippen LogP contribution in [0.15, 0.2) is 71.6 Å². The molecule has 3 aromatic rings. The Hall–Kier alpha value is -2.45. The predicted molar refractivity (Wildman–Crippen MR) is 121 cm³/mol. The number of carbonyl (C=O) groups excluding carboxylic acids is 1. The quantitative estimate of drug-likeness (QED) is 0.434. The smallest absolute Gasteiger partial charge is 0.234 e. The molecule has 0 saturated heterocycles. The van der Waals surface area contributed by atoms with Gasteiger partial charge in [0.25, 0.3) is 0 Å². The van der Waals surface area contributed by atoms with Crippen LogP contribution in [-0.2, 0) is 4.79 Å². The Morgan fingerprint density at radius 1 is 1.10 bits per heavy atom. The van der Waals surface area contributed by atoms with Gasteiger partial charge in [0.15, 0.2) is 0 Å². The lowest BCUT2D eigenvalue weighted by Crippen LogP contribution is -2.15. The molecule has 29 heavy (non-hydrogen) atoms. The van der Waals surface area contributed by atoms with Gasteiger partial charge in [-0.25, -0.2) is 0 Å². The Bertz CT molecular complexity index is 1050. The molecule has 1 atom stereocenters. The predicted octanol–water partition coefficient (Wildman–Crippen LogP) is 6.69. The minimum absolute atomic E-state index is 0.111. The molecule has 0 fully saturated rings. The molecule has 0 bridgehead atoms. The van der Waals surface area contributed by atoms with Crippen molar-refractivity contribution in [1.29, 1.82) is 5.26 Å². The molecule has 3 rings (SSSR count). The van der Waals surface area contributed by atoms with E-state index in [1.807, 2.05) is 55.5 Å². The van der Waals surface area contributed by atoms with E-state index in [-0.39, 0.29) is 5.91 Å². The van der Waals surface area contributed by atoms with Gasteiger partial charge in [0.05, 0.1) is 17.7 Å². The molecule has 3 nitrogen and oxygen atoms in total. The van der Waals surface area contributed by atoms with Crippen LogP contribution in [0.4, 0.5) is 5.69 Å². The number of thioether (sulfide) groups is 1. The third-order valence-corrected chi connectivity index (χ3v) is 5.97. The van der Waals surface area contributed by atoms with Crippen LogP contribution in [0.25, 0.3) is 0 Å². The highest BCUT2D eigenvalue weighted by atomic mass is 35.5. The first-order chi connectivity index (χ1) is 14.0. The molecular formula is C23H18Cl2N2OS. The van der Waals surface area contributed by atoms with Crippen molar-refractivity contribution < 1.29 is 4.79 Å². The van der Waals surface area contributed by atoms with Crippen LogP contribution < -0.4 is 5.32 Å². The highest BCUT2D eigenvalue weighted by Gasteiger charge is 2.19. The van der Waals surface area contributed by atoms with Gasteiger partial charge in [-0.3, -0.25) is 4.79 Å². The SMILES string of the molecule is Cc1cc([C@@H](C#N)c2ccc(Cl)cc2)c(Cl)cc1NC(=O)CSc1ccccc1. The maximum atomic E-state index is 12.3. The number of hydrogen-bond donors (Lipinski definition) is 1. The van der Waals surface area contributed by atoms with Crippen LogP contribution in [0, 0.1) is 18.3 Å². The van der Waals surface area contributed by atoms with Crippen molar-refractivity contribution in [2.45, 2.75) is 17.7 Å². The van der Waals surface area contributed by atoms with E-state index in [2.05, 4.69) is 11.4 Å². The first-order valence-corrected chi connectivity index (χ1v) is 10.6. The first-order valence-electron chi connectivity index (χ1n) is 8.90. The molecule has 0 spiro atoms. The molecule has 6 heteroatoms. The zero-order valence-electron chi connectivity index (χ0n) is 15.7. The van der Waals surface area contributed by atoms with E-state index in [0.29, 0.717) is 27.0 Å². The topological polar surface area (TPSA) is 52.9 Å². The van der Waals surface area contributed by atoms with E-state index in [1.165, 1.54) is 11.8 Å². The Morgan fingerprint density at radius 2 is 1.79 bits per heavy atom. The number of halogens is 2. The number of amides is 1. The average Bonchev–Trinajstić information content (AvgIpc) is 2.72. The number of benzene rings is 3. The van der Waals surface area contributed by atoms with Crippen molar-refractivity contribution >= 4 is 46.6 Å². The van der Waals surface area contributed by atoms with Crippen LogP contribution >= 0.6 is 35.0 Å². The molecule has 0 aliphatic carbocycles. The number of carbonyl (C=O) groups is 1. The lowest BCUT2D eigenvalue weighted by molar-refractivity contribution is -0.113. The number of nitrogens with one attached hydrogen (secondary N) is 1. The summed E-state index contributed by atoms with van der Waals surface area (Å²) in [5.41, 5.74) is 3.00. The summed E-state index contributed by atoms with van der Waals surface area (Å²) in [5.74, 6) is -0.328. The number of nitrogens with zero attached hydrogens (tertiary/aromatic N) is 1. The molecule has 0 aromatic heterocycles. The van der Waals surface area contributed by atoms with E-state index in [1.54, 1.807) is 18.2 Å². The van der Waals surface area contributed by atoms with E-state index in [0.717, 1.165) is 16.0 Å². The summed E-state index contributed by atoms with van der Waals surface area (Å²) in [6.07, 6.45) is 0. The zero-order valence-corrected chi connectivity index (χ0v) is 18.0. The van der Waals surface area contributed by atoms with Crippen LogP contribution in [0.1, 0.15) is 22.6 Å². The number of hydrogen-bond acceptors (Lipinski definition) is 3. The first kappa shape index (κ1) is 21.3. The summed E-state index contributed by atoms with van der Waals surface area (Å²) in [7, 11) is 0. The number of anilines is 1. The van der Waals surface area contributed by atoms with Gasteiger partial charge < -0.3 is 5.32 Å². The lowest BCUT2D eigenvalue weighted by atomic mass is 9.91. The van der Waals surface area contributed by atoms with Gasteiger partial charge in [0.2, 0.25) is 5.91 Å². The van der Waals surface area contributed by atoms with Crippen molar-refractivity contribution in [1.82, 2.24) is 0 Å². The second kappa shape index (κ2) is 9.84. The standard InChI is InChI=1S/C23H18Cl2N2OS/c1-15-11-19(20(13-26)16-7-9-17(24)10-8-16)21(25)12-22(15)27-23(28)14-29-18-5-3-2-4-6-18/h2-12,20H,14H2,1H3,(H,27,28)/t20-/m0/s1. The van der Waals surface area contributed by atoms with E-state index < -0.39 is 5.92 Å². The largest absolute Gasteiger partial charge is 0.325 e. The molecule has 0 saturated carbocycles. The third-order valence-electron chi connectivity index (χ3n) is 4.37. The normalized spacial score (nSPS) is 11.5. The van der Waals surface area contributed by atoms with E-state index >= 15 is 0 Å². The van der Waals surface area contributed by atoms with Crippen molar-refractivity contribution in [3.8, 4) is 6.07 Å². The van der Waals surface area contributed by atoms with Gasteiger partial charge in [-0.2, -0.15) is 5.26 Å². The van der Waals surface area contributed by atoms with Gasteiger partial charge in [0.1, 0.15) is 0 Å². The summed E-state index contributed by atoms with van der Waals surface area (Å²) < 4.78 is 0. The monoisotopic (exact) mass is 440 g/mol. The zero-order chi connectivity index (χ0) is 20.8. The molecule has 0 heterocycles. The molecule has 0 unspecified atom stereocenters. The summed E-state index contributed by atoms with van der Waals surface area (Å²) >= 11 is 13.9. The van der Waals surface area contributed by atoms with Crippen LogP contribution in [-0.4, -0.2) is 11.7 Å². The van der Waals surface area contributed by atoms with Gasteiger partial charge in [0, 0.05) is 20.6 Å². The highest BCUT2D eigenvalue weighted by Crippen LogP contribution is 2.34. The van der Waals surface area contributed by atoms with E-state index in [4.69, 9.17) is 23.2 Å². The summed E-state index contributed by atoms with van der Waals surface area (Å²) in [6, 6.07) is 22.7. The summed E-state index contributed by atoms with van der Waals surface area (Å²) in [5, 5.41) is 13.6. The van der Waals surface area contributed by atoms with E-state index in [9.17, 15) is 10.1 Å². The maximum Gasteiger partial charge on any atom is 0.234 e. The Labute approximate surface area is 184 Å². The second-order valence-corrected chi connectivity index (χ2v) is 8.34. The van der Waals surface area contributed by atoms with Crippen molar-refractivity contribution in [3.63, 3.8) is 0 Å². The van der Waals surface area contributed by atoms with Gasteiger partial charge >= 0.3 is 0 Å². The highest BCUT2D eigenvalue weighted by molar-refractivity contribution is 8.00. The maximum absolute atomic E-state index is 12.3. The molecule has 0 radical (unpaired) electrons. The molecule has 0 aliphatic rings. The van der Waals surface area contributed by atoms with Crippen LogP contribution in [0.3, 0.4) is 0 Å². The number of aryl methyl sites for hydroxylation is 1.